The number of fused-ring (bicyclic) bond motifs is 1. The fraction of sp³-hybridized carbons (Fsp3) is 0.346. The average molecular weight is 403 g/mol. The molecule has 0 saturated carbocycles. The monoisotopic (exact) mass is 402 g/mol. The van der Waals surface area contributed by atoms with Gasteiger partial charge < -0.3 is 14.0 Å². The molecule has 4 nitrogen and oxygen atoms in total. The molecule has 0 spiro atoms. The third kappa shape index (κ3) is 4.25. The van der Waals surface area contributed by atoms with Crippen molar-refractivity contribution >= 4 is 5.69 Å². The van der Waals surface area contributed by atoms with Crippen molar-refractivity contribution in [2.45, 2.75) is 26.7 Å². The molecule has 0 radical (unpaired) electrons. The van der Waals surface area contributed by atoms with Crippen molar-refractivity contribution < 1.29 is 9.47 Å². The number of aromatic nitrogens is 1. The Hall–Kier alpha value is -2.69. The molecule has 1 aromatic heterocycles. The largest absolute Gasteiger partial charge is 0.384 e. The molecule has 1 aliphatic rings. The first kappa shape index (κ1) is 20.6. The Morgan fingerprint density at radius 2 is 1.40 bits per heavy atom. The van der Waals surface area contributed by atoms with Crippen molar-refractivity contribution in [3.63, 3.8) is 0 Å². The minimum Gasteiger partial charge on any atom is -0.384 e. The van der Waals surface area contributed by atoms with Gasteiger partial charge in [-0.2, -0.15) is 0 Å². The summed E-state index contributed by atoms with van der Waals surface area (Å²) in [4.78, 5) is 5.00. The zero-order valence-corrected chi connectivity index (χ0v) is 18.3. The van der Waals surface area contributed by atoms with Gasteiger partial charge in [-0.15, -0.1) is 0 Å². The molecule has 1 heterocycles. The van der Waals surface area contributed by atoms with Crippen LogP contribution in [0.3, 0.4) is 0 Å². The van der Waals surface area contributed by atoms with Gasteiger partial charge in [-0.05, 0) is 68.1 Å². The highest BCUT2D eigenvalue weighted by molar-refractivity contribution is 5.42. The number of ether oxygens (including phenoxy) is 2. The lowest BCUT2D eigenvalue weighted by atomic mass is 9.87. The molecule has 1 aliphatic carbocycles. The third-order valence-electron chi connectivity index (χ3n) is 5.87. The van der Waals surface area contributed by atoms with Crippen molar-refractivity contribution in [3.8, 4) is 5.69 Å². The molecular formula is C26H30N2O2. The molecule has 0 atom stereocenters. The molecule has 2 aromatic carbocycles. The molecule has 30 heavy (non-hydrogen) atoms. The van der Waals surface area contributed by atoms with Gasteiger partial charge in [0.2, 0.25) is 0 Å². The van der Waals surface area contributed by atoms with Crippen LogP contribution in [0.15, 0.2) is 65.8 Å². The molecule has 0 amide bonds. The predicted molar refractivity (Wildman–Crippen MR) is 121 cm³/mol. The van der Waals surface area contributed by atoms with Crippen LogP contribution in [0.1, 0.15) is 22.3 Å². The lowest BCUT2D eigenvalue weighted by Gasteiger charge is -2.26. The van der Waals surface area contributed by atoms with Crippen molar-refractivity contribution in [2.75, 3.05) is 27.4 Å². The summed E-state index contributed by atoms with van der Waals surface area (Å²) in [5.74, 6) is 0. The average Bonchev–Trinajstić information content (AvgIpc) is 3.07. The fourth-order valence-electron chi connectivity index (χ4n) is 4.43. The molecule has 3 aromatic rings. The Bertz CT molecular complexity index is 1070. The van der Waals surface area contributed by atoms with Crippen LogP contribution in [-0.4, -0.2) is 32.0 Å². The first-order valence-corrected chi connectivity index (χ1v) is 10.4. The molecule has 0 saturated heterocycles. The maximum Gasteiger partial charge on any atom is 0.138 e. The van der Waals surface area contributed by atoms with E-state index in [1.807, 2.05) is 0 Å². The topological polar surface area (TPSA) is 35.8 Å². The smallest absolute Gasteiger partial charge is 0.138 e. The van der Waals surface area contributed by atoms with Gasteiger partial charge in [0, 0.05) is 31.5 Å². The molecule has 0 bridgehead atoms. The zero-order chi connectivity index (χ0) is 21.1. The Labute approximate surface area is 178 Å². The van der Waals surface area contributed by atoms with Gasteiger partial charge in [0.1, 0.15) is 5.49 Å². The van der Waals surface area contributed by atoms with E-state index >= 15 is 0 Å². The number of benzene rings is 2. The quantitative estimate of drug-likeness (QED) is 0.599. The van der Waals surface area contributed by atoms with Gasteiger partial charge in [-0.3, -0.25) is 0 Å². The van der Waals surface area contributed by atoms with E-state index in [0.29, 0.717) is 13.2 Å². The summed E-state index contributed by atoms with van der Waals surface area (Å²) in [5.41, 5.74) is 8.15. The molecule has 156 valence electrons. The summed E-state index contributed by atoms with van der Waals surface area (Å²) in [5, 5.41) is 0. The van der Waals surface area contributed by atoms with E-state index in [4.69, 9.17) is 14.5 Å². The zero-order valence-electron chi connectivity index (χ0n) is 18.3. The molecule has 0 N–H and O–H groups in total. The van der Waals surface area contributed by atoms with Crippen LogP contribution in [0.25, 0.3) is 5.69 Å². The maximum atomic E-state index is 5.57. The number of hydrogen-bond donors (Lipinski definition) is 0. The van der Waals surface area contributed by atoms with Crippen molar-refractivity contribution in [1.29, 1.82) is 0 Å². The summed E-state index contributed by atoms with van der Waals surface area (Å²) in [6, 6.07) is 19.2. The van der Waals surface area contributed by atoms with Crippen LogP contribution in [0.4, 0.5) is 5.69 Å². The Balaban J connectivity index is 1.85. The summed E-state index contributed by atoms with van der Waals surface area (Å²) in [7, 11) is 3.54. The number of hydrogen-bond acceptors (Lipinski definition) is 3. The van der Waals surface area contributed by atoms with E-state index in [1.165, 1.54) is 22.3 Å². The van der Waals surface area contributed by atoms with Crippen LogP contribution >= 0.6 is 0 Å². The van der Waals surface area contributed by atoms with Crippen molar-refractivity contribution in [3.05, 3.63) is 88.5 Å². The van der Waals surface area contributed by atoms with Crippen LogP contribution in [0.5, 0.6) is 0 Å². The highest BCUT2D eigenvalue weighted by Gasteiger charge is 2.38. The molecule has 0 aliphatic heterocycles. The number of aryl methyl sites for hydroxylation is 2. The minimum atomic E-state index is -0.0145. The molecule has 4 rings (SSSR count). The van der Waals surface area contributed by atoms with Crippen LogP contribution < -0.4 is 5.49 Å². The van der Waals surface area contributed by atoms with E-state index < -0.39 is 0 Å². The Kier molecular flexibility index (Phi) is 5.89. The summed E-state index contributed by atoms with van der Waals surface area (Å²) >= 11 is 0. The van der Waals surface area contributed by atoms with Gasteiger partial charge >= 0.3 is 0 Å². The van der Waals surface area contributed by atoms with E-state index in [9.17, 15) is 0 Å². The number of rotatable bonds is 6. The maximum absolute atomic E-state index is 5.57. The van der Waals surface area contributed by atoms with Crippen molar-refractivity contribution in [1.82, 2.24) is 4.57 Å². The molecule has 0 fully saturated rings. The first-order chi connectivity index (χ1) is 14.5. The lowest BCUT2D eigenvalue weighted by Crippen LogP contribution is -2.32. The lowest BCUT2D eigenvalue weighted by molar-refractivity contribution is 0.0168. The normalized spacial score (nSPS) is 15.4. The molecular weight excluding hydrogens is 372 g/mol. The first-order valence-electron chi connectivity index (χ1n) is 10.4. The van der Waals surface area contributed by atoms with Gasteiger partial charge in [-0.1, -0.05) is 35.4 Å². The minimum absolute atomic E-state index is 0.0145. The molecule has 0 unspecified atom stereocenters. The SMILES string of the molecule is COCC1(COC)Cc2cc(=Nc3ccc(C)cc3)n(-c3ccc(C)cc3)cc2C1. The van der Waals surface area contributed by atoms with E-state index in [0.717, 1.165) is 29.7 Å². The second-order valence-electron chi connectivity index (χ2n) is 8.55. The number of nitrogens with zero attached hydrogens (tertiary/aromatic N) is 2. The van der Waals surface area contributed by atoms with Crippen LogP contribution in [0.2, 0.25) is 0 Å². The highest BCUT2D eigenvalue weighted by atomic mass is 16.5. The Morgan fingerprint density at radius 1 is 0.833 bits per heavy atom. The van der Waals surface area contributed by atoms with E-state index in [-0.39, 0.29) is 5.41 Å². The van der Waals surface area contributed by atoms with Gasteiger partial charge in [-0.25, -0.2) is 4.99 Å². The highest BCUT2D eigenvalue weighted by Crippen LogP contribution is 2.37. The summed E-state index contributed by atoms with van der Waals surface area (Å²) in [6.45, 7) is 5.57. The standard InChI is InChI=1S/C26H30N2O2/c1-19-5-9-23(10-6-19)27-25-13-21-14-26(17-29-3,18-30-4)15-22(21)16-28(25)24-11-7-20(2)8-12-24/h5-13,16H,14-15,17-18H2,1-4H3. The van der Waals surface area contributed by atoms with Crippen molar-refractivity contribution in [2.24, 2.45) is 10.4 Å². The molecule has 4 heteroatoms. The Morgan fingerprint density at radius 3 is 2.00 bits per heavy atom. The second kappa shape index (κ2) is 8.58. The second-order valence-corrected chi connectivity index (χ2v) is 8.55. The van der Waals surface area contributed by atoms with Crippen LogP contribution in [0, 0.1) is 19.3 Å². The van der Waals surface area contributed by atoms with Gasteiger partial charge in [0.05, 0.1) is 18.9 Å². The number of methoxy groups -OCH3 is 2. The number of pyridine rings is 1. The predicted octanol–water partition coefficient (Wildman–Crippen LogP) is 4.70. The fourth-order valence-corrected chi connectivity index (χ4v) is 4.43. The van der Waals surface area contributed by atoms with Gasteiger partial charge in [0.15, 0.2) is 0 Å². The summed E-state index contributed by atoms with van der Waals surface area (Å²) in [6.07, 6.45) is 4.13. The third-order valence-corrected chi connectivity index (χ3v) is 5.87. The van der Waals surface area contributed by atoms with E-state index in [2.05, 4.69) is 79.2 Å². The van der Waals surface area contributed by atoms with Crippen LogP contribution in [-0.2, 0) is 22.3 Å². The summed E-state index contributed by atoms with van der Waals surface area (Å²) < 4.78 is 13.3. The van der Waals surface area contributed by atoms with Gasteiger partial charge in [0.25, 0.3) is 0 Å². The van der Waals surface area contributed by atoms with E-state index in [1.54, 1.807) is 14.2 Å².